The first-order chi connectivity index (χ1) is 31.2. The lowest BCUT2D eigenvalue weighted by atomic mass is 9.33. The van der Waals surface area contributed by atoms with Gasteiger partial charge in [-0.3, -0.25) is 0 Å². The molecule has 3 heterocycles. The largest absolute Gasteiger partial charge is 0.311 e. The van der Waals surface area contributed by atoms with Crippen molar-refractivity contribution in [1.29, 1.82) is 0 Å². The molecular formula is C62H63BN2S. The van der Waals surface area contributed by atoms with Gasteiger partial charge in [-0.05, 0) is 152 Å². The molecule has 0 unspecified atom stereocenters. The molecule has 1 aromatic heterocycles. The van der Waals surface area contributed by atoms with Crippen LogP contribution in [0.3, 0.4) is 0 Å². The highest BCUT2D eigenvalue weighted by atomic mass is 32.1. The second-order valence-corrected chi connectivity index (χ2v) is 24.8. The summed E-state index contributed by atoms with van der Waals surface area (Å²) in [4.78, 5) is 5.43. The third kappa shape index (κ3) is 5.60. The van der Waals surface area contributed by atoms with Gasteiger partial charge in [0.15, 0.2) is 0 Å². The number of para-hydroxylation sites is 1. The lowest BCUT2D eigenvalue weighted by molar-refractivity contribution is 0.332. The normalized spacial score (nSPS) is 18.0. The van der Waals surface area contributed by atoms with E-state index in [9.17, 15) is 0 Å². The van der Waals surface area contributed by atoms with Gasteiger partial charge in [0.25, 0.3) is 6.71 Å². The van der Waals surface area contributed by atoms with Crippen LogP contribution in [0.2, 0.25) is 0 Å². The third-order valence-corrected chi connectivity index (χ3v) is 18.1. The lowest BCUT2D eigenvalue weighted by Gasteiger charge is -2.49. The van der Waals surface area contributed by atoms with E-state index in [1.165, 1.54) is 134 Å². The number of aryl methyl sites for hydroxylation is 2. The first-order valence-electron chi connectivity index (χ1n) is 24.4. The Bertz CT molecular complexity index is 3410. The second kappa shape index (κ2) is 13.5. The molecule has 0 amide bonds. The Hall–Kier alpha value is -5.58. The van der Waals surface area contributed by atoms with Crippen LogP contribution in [0.4, 0.5) is 34.1 Å². The van der Waals surface area contributed by atoms with Crippen molar-refractivity contribution in [3.63, 3.8) is 0 Å². The van der Waals surface area contributed by atoms with Crippen LogP contribution in [0.15, 0.2) is 121 Å². The predicted molar refractivity (Wildman–Crippen MR) is 288 cm³/mol. The minimum absolute atomic E-state index is 0.00305. The van der Waals surface area contributed by atoms with Gasteiger partial charge in [-0.15, -0.1) is 11.3 Å². The zero-order valence-electron chi connectivity index (χ0n) is 41.3. The maximum atomic E-state index is 2.75. The Morgan fingerprint density at radius 2 is 1.06 bits per heavy atom. The molecule has 66 heavy (non-hydrogen) atoms. The summed E-state index contributed by atoms with van der Waals surface area (Å²) in [6, 6.07) is 48.1. The van der Waals surface area contributed by atoms with Crippen LogP contribution in [-0.2, 0) is 27.1 Å². The average molecular weight is 879 g/mol. The average Bonchev–Trinajstić information content (AvgIpc) is 3.66. The Kier molecular flexibility index (Phi) is 8.58. The predicted octanol–water partition coefficient (Wildman–Crippen LogP) is 15.4. The summed E-state index contributed by atoms with van der Waals surface area (Å²) in [7, 11) is 0. The fourth-order valence-electron chi connectivity index (χ4n) is 12.9. The fraction of sp³-hybridized carbons (Fsp3) is 0.323. The highest BCUT2D eigenvalue weighted by Gasteiger charge is 2.49. The van der Waals surface area contributed by atoms with Crippen molar-refractivity contribution in [2.24, 2.45) is 0 Å². The minimum Gasteiger partial charge on any atom is -0.311 e. The Balaban J connectivity index is 1.27. The summed E-state index contributed by atoms with van der Waals surface area (Å²) in [5.74, 6) is 0. The maximum absolute atomic E-state index is 2.75. The van der Waals surface area contributed by atoms with Gasteiger partial charge in [-0.2, -0.15) is 0 Å². The smallest absolute Gasteiger partial charge is 0.252 e. The monoisotopic (exact) mass is 878 g/mol. The molecule has 4 aliphatic rings. The topological polar surface area (TPSA) is 6.48 Å². The molecule has 0 spiro atoms. The summed E-state index contributed by atoms with van der Waals surface area (Å²) in [6.07, 6.45) is 2.37. The molecule has 8 aromatic rings. The van der Waals surface area contributed by atoms with Crippen LogP contribution in [0.1, 0.15) is 139 Å². The van der Waals surface area contributed by atoms with Crippen molar-refractivity contribution in [1.82, 2.24) is 0 Å². The van der Waals surface area contributed by atoms with E-state index in [0.29, 0.717) is 0 Å². The number of benzene rings is 7. The van der Waals surface area contributed by atoms with Crippen LogP contribution in [-0.4, -0.2) is 6.71 Å². The standard InChI is InChI=1S/C62H63BN2S/c1-36-20-14-18-24-48(36)65-52-32-38(58(3,4)5)31-51-56(52)63(46-26-27-54-55(57(46)65)39-21-15-19-25-53(39)66-54)47-33-44-45(62(12,13)41-23-17-16-22-40(41)61(44,10)11)35-50(47)64(51)49-34-43-42(30-37(49)2)59(6,7)28-29-60(43,8)9/h14-27,30-35H,28-29H2,1-13H3. The zero-order chi connectivity index (χ0) is 46.2. The lowest BCUT2D eigenvalue weighted by Crippen LogP contribution is -2.62. The number of fused-ring (bicyclic) bond motifs is 11. The van der Waals surface area contributed by atoms with Gasteiger partial charge in [0, 0.05) is 59.4 Å². The molecule has 7 aromatic carbocycles. The molecule has 0 saturated carbocycles. The van der Waals surface area contributed by atoms with Gasteiger partial charge in [-0.1, -0.05) is 155 Å². The molecule has 2 nitrogen and oxygen atoms in total. The van der Waals surface area contributed by atoms with Crippen LogP contribution in [0.5, 0.6) is 0 Å². The summed E-state index contributed by atoms with van der Waals surface area (Å²) in [5, 5.41) is 2.69. The molecule has 0 atom stereocenters. The van der Waals surface area contributed by atoms with Crippen molar-refractivity contribution in [3.8, 4) is 0 Å². The zero-order valence-corrected chi connectivity index (χ0v) is 42.2. The number of anilines is 6. The molecule has 4 heteroatoms. The highest BCUT2D eigenvalue weighted by Crippen LogP contribution is 2.56. The Morgan fingerprint density at radius 3 is 1.73 bits per heavy atom. The first kappa shape index (κ1) is 41.8. The molecule has 12 rings (SSSR count). The third-order valence-electron chi connectivity index (χ3n) is 17.0. The van der Waals surface area contributed by atoms with E-state index in [-0.39, 0.29) is 33.8 Å². The number of rotatable bonds is 2. The SMILES string of the molecule is Cc1cc2c(cc1N1c3cc4c(cc3B3c5ccc6sc7ccccc7c6c5N(c5ccccc5C)c5cc(C(C)(C)C)cc1c53)C(C)(C)c1ccccc1C4(C)C)C(C)(C)CCC2(C)C. The summed E-state index contributed by atoms with van der Waals surface area (Å²) in [6.45, 7) is 31.6. The Morgan fingerprint density at radius 1 is 0.485 bits per heavy atom. The van der Waals surface area contributed by atoms with Crippen LogP contribution in [0, 0.1) is 13.8 Å². The van der Waals surface area contributed by atoms with Gasteiger partial charge in [0.05, 0.1) is 5.69 Å². The van der Waals surface area contributed by atoms with E-state index < -0.39 is 0 Å². The van der Waals surface area contributed by atoms with Crippen LogP contribution >= 0.6 is 11.3 Å². The molecule has 0 bridgehead atoms. The second-order valence-electron chi connectivity index (χ2n) is 23.7. The molecule has 330 valence electrons. The summed E-state index contributed by atoms with van der Waals surface area (Å²) in [5.41, 5.74) is 24.3. The van der Waals surface area contributed by atoms with Crippen LogP contribution < -0.4 is 26.2 Å². The van der Waals surface area contributed by atoms with Gasteiger partial charge >= 0.3 is 0 Å². The molecule has 0 fully saturated rings. The van der Waals surface area contributed by atoms with Crippen molar-refractivity contribution in [3.05, 3.63) is 171 Å². The van der Waals surface area contributed by atoms with Gasteiger partial charge in [0.2, 0.25) is 0 Å². The van der Waals surface area contributed by atoms with Crippen molar-refractivity contribution < 1.29 is 0 Å². The first-order valence-corrected chi connectivity index (χ1v) is 25.2. The van der Waals surface area contributed by atoms with Gasteiger partial charge in [0.1, 0.15) is 0 Å². The molecule has 2 aliphatic carbocycles. The van der Waals surface area contributed by atoms with Crippen molar-refractivity contribution in [2.45, 2.75) is 130 Å². The van der Waals surface area contributed by atoms with E-state index in [1.54, 1.807) is 0 Å². The Labute approximate surface area is 397 Å². The number of thiophene rings is 1. The number of hydrogen-bond donors (Lipinski definition) is 0. The van der Waals surface area contributed by atoms with Gasteiger partial charge in [-0.25, -0.2) is 0 Å². The molecule has 0 radical (unpaired) electrons. The van der Waals surface area contributed by atoms with Gasteiger partial charge < -0.3 is 9.80 Å². The highest BCUT2D eigenvalue weighted by molar-refractivity contribution is 7.26. The minimum atomic E-state index is -0.203. The molecule has 0 saturated heterocycles. The van der Waals surface area contributed by atoms with Crippen LogP contribution in [0.25, 0.3) is 20.2 Å². The fourth-order valence-corrected chi connectivity index (χ4v) is 14.1. The molecule has 2 aliphatic heterocycles. The summed E-state index contributed by atoms with van der Waals surface area (Å²) >= 11 is 1.92. The number of nitrogens with zero attached hydrogens (tertiary/aromatic N) is 2. The molecular weight excluding hydrogens is 816 g/mol. The van der Waals surface area contributed by atoms with E-state index in [2.05, 4.69) is 221 Å². The molecule has 0 N–H and O–H groups in total. The number of hydrogen-bond acceptors (Lipinski definition) is 3. The summed E-state index contributed by atoms with van der Waals surface area (Å²) < 4.78 is 2.67. The maximum Gasteiger partial charge on any atom is 0.252 e. The quantitative estimate of drug-likeness (QED) is 0.160. The van der Waals surface area contributed by atoms with E-state index in [1.807, 2.05) is 11.3 Å². The van der Waals surface area contributed by atoms with E-state index in [4.69, 9.17) is 0 Å². The van der Waals surface area contributed by atoms with Crippen molar-refractivity contribution in [2.75, 3.05) is 9.80 Å². The van der Waals surface area contributed by atoms with Crippen molar-refractivity contribution >= 4 is 88.7 Å². The van der Waals surface area contributed by atoms with E-state index >= 15 is 0 Å². The van der Waals surface area contributed by atoms with E-state index in [0.717, 1.165) is 0 Å².